The van der Waals surface area contributed by atoms with Crippen LogP contribution in [-0.4, -0.2) is 43.6 Å². The van der Waals surface area contributed by atoms with Gasteiger partial charge in [-0.15, -0.1) is 0 Å². The van der Waals surface area contributed by atoms with E-state index in [0.29, 0.717) is 12.4 Å². The molecule has 0 aliphatic carbocycles. The molecular weight excluding hydrogens is 478 g/mol. The second kappa shape index (κ2) is 12.2. The first-order chi connectivity index (χ1) is 15.2. The molecule has 0 spiro atoms. The summed E-state index contributed by atoms with van der Waals surface area (Å²) in [5, 5.41) is 6.51. The molecule has 172 valence electrons. The topological polar surface area (TPSA) is 98.3 Å². The van der Waals surface area contributed by atoms with Crippen molar-refractivity contribution in [2.45, 2.75) is 39.0 Å². The van der Waals surface area contributed by atoms with Crippen molar-refractivity contribution in [1.82, 2.24) is 10.7 Å². The predicted octanol–water partition coefficient (Wildman–Crippen LogP) is 4.02. The second-order valence-corrected chi connectivity index (χ2v) is 8.68. The quantitative estimate of drug-likeness (QED) is 0.396. The number of hydrogen-bond acceptors (Lipinski definition) is 6. The number of nitrogens with one attached hydrogen (secondary N) is 2. The highest BCUT2D eigenvalue weighted by atomic mass is 79.9. The van der Waals surface area contributed by atoms with Crippen LogP contribution in [0.25, 0.3) is 0 Å². The van der Waals surface area contributed by atoms with Gasteiger partial charge in [-0.3, -0.25) is 4.79 Å². The highest BCUT2D eigenvalue weighted by Gasteiger charge is 2.24. The van der Waals surface area contributed by atoms with Crippen molar-refractivity contribution in [2.75, 3.05) is 13.7 Å². The second-order valence-electron chi connectivity index (χ2n) is 7.83. The van der Waals surface area contributed by atoms with E-state index in [1.165, 1.54) is 6.21 Å². The average Bonchev–Trinajstić information content (AvgIpc) is 2.72. The lowest BCUT2D eigenvalue weighted by molar-refractivity contribution is -0.124. The number of hydrogen-bond donors (Lipinski definition) is 2. The number of carbonyl (C=O) groups is 2. The number of carbonyl (C=O) groups excluding carboxylic acids is 2. The highest BCUT2D eigenvalue weighted by molar-refractivity contribution is 9.10. The molecule has 32 heavy (non-hydrogen) atoms. The highest BCUT2D eigenvalue weighted by Crippen LogP contribution is 2.24. The van der Waals surface area contributed by atoms with E-state index in [1.807, 2.05) is 30.3 Å². The zero-order valence-corrected chi connectivity index (χ0v) is 20.1. The van der Waals surface area contributed by atoms with Gasteiger partial charge in [0.25, 0.3) is 5.91 Å². The van der Waals surface area contributed by atoms with Crippen LogP contribution < -0.4 is 15.5 Å². The van der Waals surface area contributed by atoms with Crippen LogP contribution in [0, 0.1) is 0 Å². The fraction of sp³-hybridized carbons (Fsp3) is 0.348. The Morgan fingerprint density at radius 1 is 1.16 bits per heavy atom. The van der Waals surface area contributed by atoms with Crippen LogP contribution in [0.3, 0.4) is 0 Å². The lowest BCUT2D eigenvalue weighted by Gasteiger charge is -2.22. The Morgan fingerprint density at radius 3 is 2.50 bits per heavy atom. The van der Waals surface area contributed by atoms with E-state index in [0.717, 1.165) is 15.6 Å². The Balaban J connectivity index is 1.99. The lowest BCUT2D eigenvalue weighted by atomic mass is 10.2. The number of rotatable bonds is 9. The SMILES string of the molecule is COc1ccc(/C=N\NC(=O)[C@H](COCc2ccccc2)NC(=O)OC(C)(C)C)cc1Br. The number of methoxy groups -OCH3 is 1. The summed E-state index contributed by atoms with van der Waals surface area (Å²) in [5.41, 5.74) is 3.43. The third-order valence-electron chi connectivity index (χ3n) is 3.97. The number of halogens is 1. The molecule has 2 amide bonds. The molecule has 0 bridgehead atoms. The van der Waals surface area contributed by atoms with Gasteiger partial charge in [-0.1, -0.05) is 30.3 Å². The molecule has 0 saturated heterocycles. The standard InChI is InChI=1S/C23H28BrN3O5/c1-23(2,3)32-22(29)26-19(15-31-14-16-8-6-5-7-9-16)21(28)27-25-13-17-10-11-20(30-4)18(24)12-17/h5-13,19H,14-15H2,1-4H3,(H,26,29)(H,27,28)/b25-13-/t19-/m0/s1. The minimum absolute atomic E-state index is 0.0520. The number of alkyl carbamates (subject to hydrolysis) is 1. The first kappa shape index (κ1) is 25.4. The fourth-order valence-corrected chi connectivity index (χ4v) is 3.07. The van der Waals surface area contributed by atoms with E-state index in [9.17, 15) is 9.59 Å². The van der Waals surface area contributed by atoms with Crippen molar-refractivity contribution in [1.29, 1.82) is 0 Å². The summed E-state index contributed by atoms with van der Waals surface area (Å²) in [5.74, 6) is 0.149. The third-order valence-corrected chi connectivity index (χ3v) is 4.59. The smallest absolute Gasteiger partial charge is 0.408 e. The maximum absolute atomic E-state index is 12.6. The Hall–Kier alpha value is -2.91. The maximum Gasteiger partial charge on any atom is 0.408 e. The average molecular weight is 506 g/mol. The van der Waals surface area contributed by atoms with Gasteiger partial charge in [-0.25, -0.2) is 10.2 Å². The van der Waals surface area contributed by atoms with Crippen molar-refractivity contribution < 1.29 is 23.8 Å². The zero-order chi connectivity index (χ0) is 23.6. The third kappa shape index (κ3) is 9.07. The van der Waals surface area contributed by atoms with Crippen LogP contribution in [0.1, 0.15) is 31.9 Å². The number of nitrogens with zero attached hydrogens (tertiary/aromatic N) is 1. The number of benzene rings is 2. The largest absolute Gasteiger partial charge is 0.496 e. The summed E-state index contributed by atoms with van der Waals surface area (Å²) in [6.45, 7) is 5.47. The molecule has 0 aromatic heterocycles. The van der Waals surface area contributed by atoms with Crippen molar-refractivity contribution in [3.05, 3.63) is 64.1 Å². The molecule has 2 N–H and O–H groups in total. The summed E-state index contributed by atoms with van der Waals surface area (Å²) in [6, 6.07) is 13.9. The van der Waals surface area contributed by atoms with Crippen molar-refractivity contribution in [2.24, 2.45) is 5.10 Å². The van der Waals surface area contributed by atoms with Gasteiger partial charge in [0.1, 0.15) is 17.4 Å². The molecule has 2 rings (SSSR count). The maximum atomic E-state index is 12.6. The van der Waals surface area contributed by atoms with E-state index >= 15 is 0 Å². The van der Waals surface area contributed by atoms with E-state index < -0.39 is 23.6 Å². The summed E-state index contributed by atoms with van der Waals surface area (Å²) in [7, 11) is 1.58. The Kier molecular flexibility index (Phi) is 9.67. The van der Waals surface area contributed by atoms with E-state index in [1.54, 1.807) is 46.1 Å². The molecule has 0 saturated carbocycles. The van der Waals surface area contributed by atoms with Gasteiger partial charge in [-0.05, 0) is 66.0 Å². The summed E-state index contributed by atoms with van der Waals surface area (Å²) in [6.07, 6.45) is 0.765. The molecule has 8 nitrogen and oxygen atoms in total. The minimum Gasteiger partial charge on any atom is -0.496 e. The van der Waals surface area contributed by atoms with Gasteiger partial charge in [0.05, 0.1) is 31.0 Å². The Bertz CT molecular complexity index is 929. The van der Waals surface area contributed by atoms with Crippen LogP contribution in [0.15, 0.2) is 58.1 Å². The van der Waals surface area contributed by atoms with Gasteiger partial charge < -0.3 is 19.5 Å². The van der Waals surface area contributed by atoms with Crippen LogP contribution in [0.2, 0.25) is 0 Å². The van der Waals surface area contributed by atoms with Crippen molar-refractivity contribution in [3.63, 3.8) is 0 Å². The molecule has 0 aliphatic rings. The van der Waals surface area contributed by atoms with Gasteiger partial charge in [0.2, 0.25) is 0 Å². The summed E-state index contributed by atoms with van der Waals surface area (Å²) >= 11 is 3.40. The van der Waals surface area contributed by atoms with Crippen LogP contribution in [0.5, 0.6) is 5.75 Å². The van der Waals surface area contributed by atoms with E-state index in [2.05, 4.69) is 31.8 Å². The monoisotopic (exact) mass is 505 g/mol. The molecule has 2 aromatic carbocycles. The van der Waals surface area contributed by atoms with Gasteiger partial charge in [0.15, 0.2) is 0 Å². The van der Waals surface area contributed by atoms with Crippen molar-refractivity contribution in [3.8, 4) is 5.75 Å². The molecule has 0 fully saturated rings. The zero-order valence-electron chi connectivity index (χ0n) is 18.6. The molecule has 9 heteroatoms. The number of hydrazone groups is 1. The Morgan fingerprint density at radius 2 is 1.88 bits per heavy atom. The molecule has 0 radical (unpaired) electrons. The lowest BCUT2D eigenvalue weighted by Crippen LogP contribution is -2.49. The normalized spacial score (nSPS) is 12.3. The van der Waals surface area contributed by atoms with E-state index in [-0.39, 0.29) is 6.61 Å². The minimum atomic E-state index is -0.992. The van der Waals surface area contributed by atoms with Gasteiger partial charge >= 0.3 is 6.09 Å². The predicted molar refractivity (Wildman–Crippen MR) is 126 cm³/mol. The first-order valence-electron chi connectivity index (χ1n) is 9.95. The molecule has 0 heterocycles. The van der Waals surface area contributed by atoms with E-state index in [4.69, 9.17) is 14.2 Å². The van der Waals surface area contributed by atoms with Crippen molar-refractivity contribution >= 4 is 34.1 Å². The van der Waals surface area contributed by atoms with Crippen LogP contribution in [0.4, 0.5) is 4.79 Å². The first-order valence-corrected chi connectivity index (χ1v) is 10.7. The number of ether oxygens (including phenoxy) is 3. The van der Waals surface area contributed by atoms with Crippen LogP contribution >= 0.6 is 15.9 Å². The molecule has 2 aromatic rings. The van der Waals surface area contributed by atoms with Gasteiger partial charge in [-0.2, -0.15) is 5.10 Å². The van der Waals surface area contributed by atoms with Gasteiger partial charge in [0, 0.05) is 0 Å². The molecular formula is C23H28BrN3O5. The molecule has 0 unspecified atom stereocenters. The fourth-order valence-electron chi connectivity index (χ4n) is 2.51. The number of amides is 2. The summed E-state index contributed by atoms with van der Waals surface area (Å²) in [4.78, 5) is 24.8. The summed E-state index contributed by atoms with van der Waals surface area (Å²) < 4.78 is 16.8. The van der Waals surface area contributed by atoms with Crippen LogP contribution in [-0.2, 0) is 20.9 Å². The molecule has 0 aliphatic heterocycles. The Labute approximate surface area is 196 Å². The molecule has 1 atom stereocenters.